The topological polar surface area (TPSA) is 47.6 Å². The fourth-order valence-electron chi connectivity index (χ4n) is 2.02. The smallest absolute Gasteiger partial charge is 0.255 e. The van der Waals surface area contributed by atoms with Crippen LogP contribution in [0.2, 0.25) is 0 Å². The predicted octanol–water partition coefficient (Wildman–Crippen LogP) is 4.68. The van der Waals surface area contributed by atoms with Gasteiger partial charge in [0.15, 0.2) is 0 Å². The number of hydrogen-bond acceptors (Lipinski definition) is 3. The van der Waals surface area contributed by atoms with Crippen LogP contribution < -0.4 is 14.8 Å². The molecule has 1 amide bonds. The molecule has 0 aliphatic rings. The van der Waals surface area contributed by atoms with Crippen molar-refractivity contribution in [2.75, 3.05) is 18.5 Å². The highest BCUT2D eigenvalue weighted by molar-refractivity contribution is 6.04. The highest BCUT2D eigenvalue weighted by Crippen LogP contribution is 2.20. The number of amides is 1. The van der Waals surface area contributed by atoms with E-state index < -0.39 is 0 Å². The molecule has 0 aromatic heterocycles. The normalized spacial score (nSPS) is 10.1. The number of anilines is 1. The summed E-state index contributed by atoms with van der Waals surface area (Å²) in [5, 5.41) is 2.87. The van der Waals surface area contributed by atoms with Crippen LogP contribution >= 0.6 is 0 Å². The molecule has 2 rings (SSSR count). The summed E-state index contributed by atoms with van der Waals surface area (Å²) < 4.78 is 11.1. The molecule has 0 aliphatic carbocycles. The summed E-state index contributed by atoms with van der Waals surface area (Å²) in [4.78, 5) is 12.4. The van der Waals surface area contributed by atoms with Crippen molar-refractivity contribution >= 4 is 11.6 Å². The summed E-state index contributed by atoms with van der Waals surface area (Å²) in [5.74, 6) is 1.20. The lowest BCUT2D eigenvalue weighted by atomic mass is 10.2. The van der Waals surface area contributed by atoms with E-state index in [2.05, 4.69) is 11.9 Å². The molecule has 0 saturated heterocycles. The molecule has 1 N–H and O–H groups in total. The Morgan fingerprint density at radius 2 is 1.79 bits per heavy atom. The van der Waals surface area contributed by atoms with Crippen LogP contribution in [0.3, 0.4) is 0 Å². The molecule has 0 aliphatic heterocycles. The lowest BCUT2D eigenvalue weighted by molar-refractivity contribution is 0.102. The van der Waals surface area contributed by atoms with Gasteiger partial charge in [-0.05, 0) is 49.2 Å². The van der Waals surface area contributed by atoms with Crippen LogP contribution in [0, 0.1) is 0 Å². The van der Waals surface area contributed by atoms with Crippen LogP contribution in [0.25, 0.3) is 0 Å². The number of hydrogen-bond donors (Lipinski definition) is 1. The van der Waals surface area contributed by atoms with E-state index >= 15 is 0 Å². The van der Waals surface area contributed by atoms with E-state index in [1.807, 2.05) is 44.2 Å². The largest absolute Gasteiger partial charge is 0.494 e. The summed E-state index contributed by atoms with van der Waals surface area (Å²) in [6.45, 7) is 8.83. The Morgan fingerprint density at radius 3 is 2.50 bits per heavy atom. The number of carbonyl (C=O) groups is 1. The fourth-order valence-corrected chi connectivity index (χ4v) is 2.02. The highest BCUT2D eigenvalue weighted by atomic mass is 16.5. The number of ether oxygens (including phenoxy) is 2. The first-order valence-electron chi connectivity index (χ1n) is 8.00. The molecule has 0 fully saturated rings. The van der Waals surface area contributed by atoms with Crippen molar-refractivity contribution in [3.05, 3.63) is 66.2 Å². The number of carbonyl (C=O) groups excluding carboxylic acids is 1. The molecule has 0 atom stereocenters. The minimum atomic E-state index is -0.186. The third-order valence-electron chi connectivity index (χ3n) is 3.15. The molecule has 2 aromatic rings. The van der Waals surface area contributed by atoms with Crippen molar-refractivity contribution in [2.24, 2.45) is 0 Å². The molecule has 24 heavy (non-hydrogen) atoms. The van der Waals surface area contributed by atoms with Gasteiger partial charge in [0.2, 0.25) is 0 Å². The maximum atomic E-state index is 12.4. The van der Waals surface area contributed by atoms with E-state index in [1.165, 1.54) is 0 Å². The fraction of sp³-hybridized carbons (Fsp3) is 0.250. The minimum absolute atomic E-state index is 0.186. The van der Waals surface area contributed by atoms with Crippen molar-refractivity contribution in [1.29, 1.82) is 0 Å². The zero-order valence-electron chi connectivity index (χ0n) is 14.2. The third kappa shape index (κ3) is 5.47. The molecule has 4 heteroatoms. The second-order valence-electron chi connectivity index (χ2n) is 5.60. The first-order valence-corrected chi connectivity index (χ1v) is 8.00. The van der Waals surface area contributed by atoms with Gasteiger partial charge in [-0.1, -0.05) is 25.6 Å². The number of nitrogens with one attached hydrogen (secondary N) is 1. The van der Waals surface area contributed by atoms with Crippen LogP contribution in [0.15, 0.2) is 60.7 Å². The number of rotatable bonds is 8. The molecule has 0 heterocycles. The summed E-state index contributed by atoms with van der Waals surface area (Å²) in [7, 11) is 0. The van der Waals surface area contributed by atoms with Gasteiger partial charge < -0.3 is 14.8 Å². The van der Waals surface area contributed by atoms with Crippen molar-refractivity contribution in [2.45, 2.75) is 20.3 Å². The summed E-state index contributed by atoms with van der Waals surface area (Å²) in [6.07, 6.45) is 0.924. The van der Waals surface area contributed by atoms with E-state index in [9.17, 15) is 4.79 Å². The minimum Gasteiger partial charge on any atom is -0.494 e. The zero-order chi connectivity index (χ0) is 17.4. The van der Waals surface area contributed by atoms with Crippen molar-refractivity contribution in [1.82, 2.24) is 0 Å². The molecule has 126 valence electrons. The average Bonchev–Trinajstić information content (AvgIpc) is 2.58. The molecule has 0 bridgehead atoms. The van der Waals surface area contributed by atoms with Crippen LogP contribution in [0.1, 0.15) is 30.6 Å². The van der Waals surface area contributed by atoms with Gasteiger partial charge in [-0.2, -0.15) is 0 Å². The van der Waals surface area contributed by atoms with Gasteiger partial charge >= 0.3 is 0 Å². The second-order valence-corrected chi connectivity index (χ2v) is 5.60. The van der Waals surface area contributed by atoms with Gasteiger partial charge in [0.25, 0.3) is 5.91 Å². The molecular weight excluding hydrogens is 302 g/mol. The Labute approximate surface area is 143 Å². The van der Waals surface area contributed by atoms with Crippen molar-refractivity contribution in [3.8, 4) is 11.5 Å². The lowest BCUT2D eigenvalue weighted by Gasteiger charge is -2.10. The van der Waals surface area contributed by atoms with E-state index in [4.69, 9.17) is 9.47 Å². The van der Waals surface area contributed by atoms with Gasteiger partial charge in [0.05, 0.1) is 6.61 Å². The maximum absolute atomic E-state index is 12.4. The van der Waals surface area contributed by atoms with E-state index in [0.717, 1.165) is 12.0 Å². The quantitative estimate of drug-likeness (QED) is 0.717. The molecule has 0 spiro atoms. The van der Waals surface area contributed by atoms with E-state index in [0.29, 0.717) is 36.0 Å². The monoisotopic (exact) mass is 325 g/mol. The summed E-state index contributed by atoms with van der Waals surface area (Å²) in [6, 6.07) is 14.5. The summed E-state index contributed by atoms with van der Waals surface area (Å²) in [5.41, 5.74) is 2.17. The summed E-state index contributed by atoms with van der Waals surface area (Å²) >= 11 is 0. The standard InChI is InChI=1S/C20H23NO3/c1-4-11-23-18-9-5-7-16(12-18)20(22)21-17-8-6-10-19(13-17)24-14-15(2)3/h5-10,12-13H,2,4,11,14H2,1,3H3,(H,21,22). The molecule has 4 nitrogen and oxygen atoms in total. The average molecular weight is 325 g/mol. The van der Waals surface area contributed by atoms with Crippen LogP contribution in [-0.4, -0.2) is 19.1 Å². The highest BCUT2D eigenvalue weighted by Gasteiger charge is 2.08. The van der Waals surface area contributed by atoms with Gasteiger partial charge in [0.1, 0.15) is 18.1 Å². The Hall–Kier alpha value is -2.75. The first-order chi connectivity index (χ1) is 11.6. The molecule has 0 radical (unpaired) electrons. The molecule has 0 unspecified atom stereocenters. The Balaban J connectivity index is 2.04. The molecular formula is C20H23NO3. The lowest BCUT2D eigenvalue weighted by Crippen LogP contribution is -2.12. The van der Waals surface area contributed by atoms with Crippen molar-refractivity contribution in [3.63, 3.8) is 0 Å². The maximum Gasteiger partial charge on any atom is 0.255 e. The van der Waals surface area contributed by atoms with Crippen molar-refractivity contribution < 1.29 is 14.3 Å². The molecule has 2 aromatic carbocycles. The van der Waals surface area contributed by atoms with E-state index in [-0.39, 0.29) is 5.91 Å². The Kier molecular flexibility index (Phi) is 6.43. The van der Waals surface area contributed by atoms with E-state index in [1.54, 1.807) is 18.2 Å². The zero-order valence-corrected chi connectivity index (χ0v) is 14.2. The van der Waals surface area contributed by atoms with Crippen LogP contribution in [-0.2, 0) is 0 Å². The SMILES string of the molecule is C=C(C)COc1cccc(NC(=O)c2cccc(OCCC)c2)c1. The first kappa shape index (κ1) is 17.6. The Bertz CT molecular complexity index is 710. The van der Waals surface area contributed by atoms with Crippen LogP contribution in [0.5, 0.6) is 11.5 Å². The number of benzene rings is 2. The molecule has 0 saturated carbocycles. The second kappa shape index (κ2) is 8.77. The predicted molar refractivity (Wildman–Crippen MR) is 96.9 cm³/mol. The third-order valence-corrected chi connectivity index (χ3v) is 3.15. The van der Waals surface area contributed by atoms with Crippen LogP contribution in [0.4, 0.5) is 5.69 Å². The van der Waals surface area contributed by atoms with Gasteiger partial charge in [0, 0.05) is 17.3 Å². The Morgan fingerprint density at radius 1 is 1.08 bits per heavy atom. The van der Waals surface area contributed by atoms with Gasteiger partial charge in [-0.25, -0.2) is 0 Å². The van der Waals surface area contributed by atoms with Gasteiger partial charge in [-0.15, -0.1) is 0 Å². The van der Waals surface area contributed by atoms with Gasteiger partial charge in [-0.3, -0.25) is 4.79 Å².